The number of aliphatic imine (C=N–C) groups is 1. The highest BCUT2D eigenvalue weighted by Gasteiger charge is 2.00. The van der Waals surface area contributed by atoms with E-state index >= 15 is 0 Å². The molecule has 0 N–H and O–H groups in total. The third-order valence-electron chi connectivity index (χ3n) is 1.62. The van der Waals surface area contributed by atoms with Crippen molar-refractivity contribution in [2.24, 2.45) is 4.99 Å². The minimum atomic E-state index is 0.635. The van der Waals surface area contributed by atoms with Crippen LogP contribution >= 0.6 is 11.6 Å². The van der Waals surface area contributed by atoms with E-state index in [1.54, 1.807) is 0 Å². The van der Waals surface area contributed by atoms with Crippen molar-refractivity contribution < 1.29 is 0 Å². The number of hydrogen-bond donors (Lipinski definition) is 0. The summed E-state index contributed by atoms with van der Waals surface area (Å²) in [5.74, 6) is 0. The number of benzene rings is 1. The van der Waals surface area contributed by atoms with Gasteiger partial charge in [-0.15, -0.1) is 0 Å². The van der Waals surface area contributed by atoms with E-state index in [1.807, 2.05) is 37.2 Å². The number of anilines is 1. The van der Waals surface area contributed by atoms with E-state index in [4.69, 9.17) is 11.6 Å². The van der Waals surface area contributed by atoms with Crippen molar-refractivity contribution in [3.8, 4) is 0 Å². The van der Waals surface area contributed by atoms with Gasteiger partial charge in [0, 0.05) is 19.8 Å². The summed E-state index contributed by atoms with van der Waals surface area (Å²) < 4.78 is 0. The van der Waals surface area contributed by atoms with Crippen molar-refractivity contribution in [1.29, 1.82) is 0 Å². The van der Waals surface area contributed by atoms with Crippen molar-refractivity contribution in [2.75, 3.05) is 19.0 Å². The fraction of sp³-hybridized carbons (Fsp3) is 0.222. The molecule has 0 bridgehead atoms. The molecule has 0 aliphatic carbocycles. The highest BCUT2D eigenvalue weighted by molar-refractivity contribution is 6.33. The van der Waals surface area contributed by atoms with E-state index in [0.717, 1.165) is 11.4 Å². The van der Waals surface area contributed by atoms with Gasteiger partial charge in [0.15, 0.2) is 0 Å². The first kappa shape index (κ1) is 9.07. The summed E-state index contributed by atoms with van der Waals surface area (Å²) in [4.78, 5) is 5.75. The third kappa shape index (κ3) is 1.77. The molecule has 0 aliphatic heterocycles. The molecule has 1 rings (SSSR count). The van der Waals surface area contributed by atoms with E-state index < -0.39 is 0 Å². The van der Waals surface area contributed by atoms with Crippen molar-refractivity contribution in [2.45, 2.75) is 0 Å². The summed E-state index contributed by atoms with van der Waals surface area (Å²) in [6.07, 6.45) is 0. The van der Waals surface area contributed by atoms with E-state index in [1.165, 1.54) is 0 Å². The second kappa shape index (κ2) is 3.59. The summed E-state index contributed by atoms with van der Waals surface area (Å²) in [6, 6.07) is 5.67. The first-order chi connectivity index (χ1) is 5.65. The number of rotatable bonds is 2. The lowest BCUT2D eigenvalue weighted by molar-refractivity contribution is 1.13. The van der Waals surface area contributed by atoms with Gasteiger partial charge in [0.25, 0.3) is 0 Å². The van der Waals surface area contributed by atoms with Gasteiger partial charge in [-0.05, 0) is 24.9 Å². The molecule has 0 saturated heterocycles. The predicted octanol–water partition coefficient (Wildman–Crippen LogP) is 2.74. The molecule has 1 aromatic carbocycles. The minimum Gasteiger partial charge on any atom is -0.378 e. The molecule has 0 saturated carbocycles. The Morgan fingerprint density at radius 1 is 1.42 bits per heavy atom. The van der Waals surface area contributed by atoms with E-state index in [0.29, 0.717) is 5.02 Å². The zero-order valence-electron chi connectivity index (χ0n) is 7.21. The van der Waals surface area contributed by atoms with Gasteiger partial charge in [0.05, 0.1) is 10.7 Å². The van der Waals surface area contributed by atoms with Crippen LogP contribution in [0.3, 0.4) is 0 Å². The van der Waals surface area contributed by atoms with Gasteiger partial charge in [-0.25, -0.2) is 0 Å². The van der Waals surface area contributed by atoms with Crippen molar-refractivity contribution >= 4 is 29.7 Å². The van der Waals surface area contributed by atoms with Crippen LogP contribution in [0.1, 0.15) is 0 Å². The molecule has 0 amide bonds. The normalized spacial score (nSPS) is 9.58. The number of nitrogens with zero attached hydrogens (tertiary/aromatic N) is 2. The molecular weight excluding hydrogens is 172 g/mol. The van der Waals surface area contributed by atoms with Crippen LogP contribution in [0.15, 0.2) is 23.2 Å². The van der Waals surface area contributed by atoms with Crippen LogP contribution in [-0.4, -0.2) is 20.8 Å². The van der Waals surface area contributed by atoms with Crippen LogP contribution in [0.25, 0.3) is 0 Å². The first-order valence-corrected chi connectivity index (χ1v) is 3.96. The zero-order valence-corrected chi connectivity index (χ0v) is 7.97. The van der Waals surface area contributed by atoms with Crippen LogP contribution < -0.4 is 4.90 Å². The van der Waals surface area contributed by atoms with Gasteiger partial charge in [0.1, 0.15) is 0 Å². The van der Waals surface area contributed by atoms with Crippen LogP contribution in [0, 0.1) is 0 Å². The molecule has 0 unspecified atom stereocenters. The molecule has 3 heteroatoms. The molecule has 2 nitrogen and oxygen atoms in total. The van der Waals surface area contributed by atoms with Crippen molar-refractivity contribution in [1.82, 2.24) is 0 Å². The van der Waals surface area contributed by atoms with Gasteiger partial charge in [-0.1, -0.05) is 11.6 Å². The monoisotopic (exact) mass is 182 g/mol. The first-order valence-electron chi connectivity index (χ1n) is 3.58. The second-order valence-electron chi connectivity index (χ2n) is 2.69. The quantitative estimate of drug-likeness (QED) is 0.643. The molecule has 0 aliphatic rings. The summed E-state index contributed by atoms with van der Waals surface area (Å²) in [5, 5.41) is 0.635. The molecular formula is C9H11ClN2. The molecule has 0 spiro atoms. The number of halogens is 1. The smallest absolute Gasteiger partial charge is 0.0810 e. The Morgan fingerprint density at radius 2 is 2.08 bits per heavy atom. The molecule has 0 radical (unpaired) electrons. The Labute approximate surface area is 77.5 Å². The standard InChI is InChI=1S/C9H11ClN2/c1-11-9-5-4-7(12(2)3)6-8(9)10/h4-6H,1H2,2-3H3. The highest BCUT2D eigenvalue weighted by Crippen LogP contribution is 2.28. The maximum atomic E-state index is 5.91. The van der Waals surface area contributed by atoms with Gasteiger partial charge in [0.2, 0.25) is 0 Å². The lowest BCUT2D eigenvalue weighted by Gasteiger charge is -2.12. The molecule has 1 aromatic rings. The number of hydrogen-bond acceptors (Lipinski definition) is 2. The van der Waals surface area contributed by atoms with Crippen molar-refractivity contribution in [3.63, 3.8) is 0 Å². The lowest BCUT2D eigenvalue weighted by Crippen LogP contribution is -2.07. The molecule has 0 heterocycles. The van der Waals surface area contributed by atoms with Gasteiger partial charge in [-0.3, -0.25) is 4.99 Å². The molecule has 0 atom stereocenters. The van der Waals surface area contributed by atoms with Gasteiger partial charge < -0.3 is 4.90 Å². The predicted molar refractivity (Wildman–Crippen MR) is 55.0 cm³/mol. The highest BCUT2D eigenvalue weighted by atomic mass is 35.5. The molecule has 12 heavy (non-hydrogen) atoms. The van der Waals surface area contributed by atoms with Crippen molar-refractivity contribution in [3.05, 3.63) is 23.2 Å². The van der Waals surface area contributed by atoms with Gasteiger partial charge >= 0.3 is 0 Å². The fourth-order valence-corrected chi connectivity index (χ4v) is 1.14. The third-order valence-corrected chi connectivity index (χ3v) is 1.92. The average molecular weight is 183 g/mol. The molecule has 0 fully saturated rings. The summed E-state index contributed by atoms with van der Waals surface area (Å²) in [7, 11) is 3.93. The Kier molecular flexibility index (Phi) is 2.71. The zero-order chi connectivity index (χ0) is 9.14. The topological polar surface area (TPSA) is 15.6 Å². The Hall–Kier alpha value is -1.02. The molecule has 64 valence electrons. The summed E-state index contributed by atoms with van der Waals surface area (Å²) in [6.45, 7) is 3.42. The Morgan fingerprint density at radius 3 is 2.50 bits per heavy atom. The maximum Gasteiger partial charge on any atom is 0.0810 e. The average Bonchev–Trinajstić information content (AvgIpc) is 2.04. The van der Waals surface area contributed by atoms with E-state index in [-0.39, 0.29) is 0 Å². The van der Waals surface area contributed by atoms with Crippen LogP contribution in [0.5, 0.6) is 0 Å². The van der Waals surface area contributed by atoms with E-state index in [2.05, 4.69) is 11.7 Å². The van der Waals surface area contributed by atoms with Crippen LogP contribution in [0.2, 0.25) is 5.02 Å². The van der Waals surface area contributed by atoms with E-state index in [9.17, 15) is 0 Å². The Bertz CT molecular complexity index is 295. The van der Waals surface area contributed by atoms with Crippen LogP contribution in [0.4, 0.5) is 11.4 Å². The fourth-order valence-electron chi connectivity index (χ4n) is 0.902. The maximum absolute atomic E-state index is 5.91. The second-order valence-corrected chi connectivity index (χ2v) is 3.10. The summed E-state index contributed by atoms with van der Waals surface area (Å²) in [5.41, 5.74) is 1.79. The largest absolute Gasteiger partial charge is 0.378 e. The van der Waals surface area contributed by atoms with Gasteiger partial charge in [-0.2, -0.15) is 0 Å². The SMILES string of the molecule is C=Nc1ccc(N(C)C)cc1Cl. The van der Waals surface area contributed by atoms with Crippen LogP contribution in [-0.2, 0) is 0 Å². The lowest BCUT2D eigenvalue weighted by atomic mass is 10.3. The molecule has 0 aromatic heterocycles. The minimum absolute atomic E-state index is 0.635. The summed E-state index contributed by atoms with van der Waals surface area (Å²) >= 11 is 5.91. The Balaban J connectivity index is 3.10.